The van der Waals surface area contributed by atoms with Crippen molar-refractivity contribution in [2.24, 2.45) is 0 Å². The third kappa shape index (κ3) is 2.72. The fraction of sp³-hybridized carbons (Fsp3) is 0.571. The smallest absolute Gasteiger partial charge is 0.126 e. The van der Waals surface area contributed by atoms with Crippen LogP contribution in [0.25, 0.3) is 0 Å². The molecule has 0 bridgehead atoms. The molecule has 0 radical (unpaired) electrons. The van der Waals surface area contributed by atoms with E-state index >= 15 is 0 Å². The first-order valence-electron chi connectivity index (χ1n) is 6.22. The van der Waals surface area contributed by atoms with Gasteiger partial charge in [-0.3, -0.25) is 0 Å². The molecule has 0 saturated carbocycles. The van der Waals surface area contributed by atoms with Crippen molar-refractivity contribution in [1.29, 1.82) is 0 Å². The Morgan fingerprint density at radius 1 is 1.41 bits per heavy atom. The minimum Gasteiger partial charge on any atom is -0.496 e. The van der Waals surface area contributed by atoms with Crippen LogP contribution in [0.5, 0.6) is 5.75 Å². The minimum atomic E-state index is 0.363. The van der Waals surface area contributed by atoms with Gasteiger partial charge in [0.05, 0.1) is 13.2 Å². The molecule has 0 spiro atoms. The standard InChI is InChI=1S/C14H21NO2/c1-10-6-7-13(11(2)14(10)16-3)15-9-12-5-4-8-17-12/h6-7,12,15H,4-5,8-9H2,1-3H3. The summed E-state index contributed by atoms with van der Waals surface area (Å²) in [6.45, 7) is 5.94. The minimum absolute atomic E-state index is 0.363. The zero-order valence-electron chi connectivity index (χ0n) is 10.9. The maximum absolute atomic E-state index is 5.60. The fourth-order valence-corrected chi connectivity index (χ4v) is 2.36. The van der Waals surface area contributed by atoms with Gasteiger partial charge in [-0.15, -0.1) is 0 Å². The Balaban J connectivity index is 2.05. The first kappa shape index (κ1) is 12.2. The van der Waals surface area contributed by atoms with Gasteiger partial charge < -0.3 is 14.8 Å². The van der Waals surface area contributed by atoms with E-state index in [2.05, 4.69) is 31.3 Å². The zero-order valence-corrected chi connectivity index (χ0v) is 10.9. The summed E-state index contributed by atoms with van der Waals surface area (Å²) in [5.41, 5.74) is 3.49. The SMILES string of the molecule is COc1c(C)ccc(NCC2CCCO2)c1C. The summed E-state index contributed by atoms with van der Waals surface area (Å²) in [6.07, 6.45) is 2.71. The second kappa shape index (κ2) is 5.41. The van der Waals surface area contributed by atoms with Crippen LogP contribution in [0.4, 0.5) is 5.69 Å². The van der Waals surface area contributed by atoms with Crippen molar-refractivity contribution in [2.45, 2.75) is 32.8 Å². The van der Waals surface area contributed by atoms with E-state index < -0.39 is 0 Å². The van der Waals surface area contributed by atoms with Gasteiger partial charge in [0.2, 0.25) is 0 Å². The molecule has 17 heavy (non-hydrogen) atoms. The second-order valence-corrected chi connectivity index (χ2v) is 4.60. The Kier molecular flexibility index (Phi) is 3.89. The van der Waals surface area contributed by atoms with Gasteiger partial charge in [-0.25, -0.2) is 0 Å². The Labute approximate surface area is 103 Å². The largest absolute Gasteiger partial charge is 0.496 e. The predicted octanol–water partition coefficient (Wildman–Crippen LogP) is 2.90. The number of aryl methyl sites for hydroxylation is 1. The number of methoxy groups -OCH3 is 1. The van der Waals surface area contributed by atoms with Gasteiger partial charge in [-0.2, -0.15) is 0 Å². The molecule has 1 aromatic carbocycles. The lowest BCUT2D eigenvalue weighted by Crippen LogP contribution is -2.18. The van der Waals surface area contributed by atoms with Gasteiger partial charge in [0.1, 0.15) is 5.75 Å². The van der Waals surface area contributed by atoms with Gasteiger partial charge in [0, 0.05) is 24.4 Å². The number of nitrogens with one attached hydrogen (secondary N) is 1. The number of anilines is 1. The van der Waals surface area contributed by atoms with Crippen LogP contribution in [-0.2, 0) is 4.74 Å². The molecule has 1 unspecified atom stereocenters. The van der Waals surface area contributed by atoms with Crippen LogP contribution in [0.15, 0.2) is 12.1 Å². The van der Waals surface area contributed by atoms with Crippen molar-refractivity contribution >= 4 is 5.69 Å². The number of rotatable bonds is 4. The highest BCUT2D eigenvalue weighted by molar-refractivity contribution is 5.59. The zero-order chi connectivity index (χ0) is 12.3. The predicted molar refractivity (Wildman–Crippen MR) is 69.9 cm³/mol. The van der Waals surface area contributed by atoms with E-state index in [-0.39, 0.29) is 0 Å². The molecule has 1 aliphatic rings. The summed E-state index contributed by atoms with van der Waals surface area (Å²) >= 11 is 0. The van der Waals surface area contributed by atoms with Crippen molar-refractivity contribution in [3.63, 3.8) is 0 Å². The lowest BCUT2D eigenvalue weighted by molar-refractivity contribution is 0.120. The van der Waals surface area contributed by atoms with Crippen LogP contribution in [0.1, 0.15) is 24.0 Å². The molecule has 94 valence electrons. The van der Waals surface area contributed by atoms with E-state index in [1.807, 2.05) is 0 Å². The average molecular weight is 235 g/mol. The van der Waals surface area contributed by atoms with Crippen LogP contribution in [0.3, 0.4) is 0 Å². The Morgan fingerprint density at radius 2 is 2.24 bits per heavy atom. The van der Waals surface area contributed by atoms with E-state index in [1.54, 1.807) is 7.11 Å². The lowest BCUT2D eigenvalue weighted by Gasteiger charge is -2.16. The van der Waals surface area contributed by atoms with Crippen LogP contribution >= 0.6 is 0 Å². The van der Waals surface area contributed by atoms with Crippen LogP contribution in [0, 0.1) is 13.8 Å². The van der Waals surface area contributed by atoms with Crippen molar-refractivity contribution < 1.29 is 9.47 Å². The molecule has 3 nitrogen and oxygen atoms in total. The molecule has 1 aliphatic heterocycles. The summed E-state index contributed by atoms with van der Waals surface area (Å²) in [4.78, 5) is 0. The molecule has 1 saturated heterocycles. The van der Waals surface area contributed by atoms with Crippen LogP contribution < -0.4 is 10.1 Å². The van der Waals surface area contributed by atoms with E-state index in [0.717, 1.165) is 31.0 Å². The molecule has 0 aromatic heterocycles. The molecule has 1 N–H and O–H groups in total. The summed E-state index contributed by atoms with van der Waals surface area (Å²) in [7, 11) is 1.72. The fourth-order valence-electron chi connectivity index (χ4n) is 2.36. The molecule has 1 atom stereocenters. The van der Waals surface area contributed by atoms with E-state index in [1.165, 1.54) is 17.5 Å². The normalized spacial score (nSPS) is 19.4. The van der Waals surface area contributed by atoms with E-state index in [0.29, 0.717) is 6.10 Å². The van der Waals surface area contributed by atoms with E-state index in [4.69, 9.17) is 9.47 Å². The van der Waals surface area contributed by atoms with E-state index in [9.17, 15) is 0 Å². The Hall–Kier alpha value is -1.22. The van der Waals surface area contributed by atoms with Gasteiger partial charge >= 0.3 is 0 Å². The van der Waals surface area contributed by atoms with Crippen molar-refractivity contribution in [3.8, 4) is 5.75 Å². The molecule has 1 heterocycles. The quantitative estimate of drug-likeness (QED) is 0.870. The number of hydrogen-bond acceptors (Lipinski definition) is 3. The molecule has 0 aliphatic carbocycles. The van der Waals surface area contributed by atoms with Crippen LogP contribution in [-0.4, -0.2) is 26.4 Å². The monoisotopic (exact) mass is 235 g/mol. The van der Waals surface area contributed by atoms with Gasteiger partial charge in [0.25, 0.3) is 0 Å². The lowest BCUT2D eigenvalue weighted by atomic mass is 10.1. The molecule has 0 amide bonds. The highest BCUT2D eigenvalue weighted by atomic mass is 16.5. The Bertz CT molecular complexity index is 384. The molecular weight excluding hydrogens is 214 g/mol. The number of hydrogen-bond donors (Lipinski definition) is 1. The van der Waals surface area contributed by atoms with Crippen LogP contribution in [0.2, 0.25) is 0 Å². The van der Waals surface area contributed by atoms with Crippen molar-refractivity contribution in [2.75, 3.05) is 25.6 Å². The van der Waals surface area contributed by atoms with Gasteiger partial charge in [-0.05, 0) is 38.3 Å². The molecular formula is C14H21NO2. The number of ether oxygens (including phenoxy) is 2. The molecule has 1 aromatic rings. The Morgan fingerprint density at radius 3 is 2.88 bits per heavy atom. The summed E-state index contributed by atoms with van der Waals surface area (Å²) < 4.78 is 11.0. The summed E-state index contributed by atoms with van der Waals surface area (Å²) in [6, 6.07) is 4.20. The maximum atomic E-state index is 5.60. The highest BCUT2D eigenvalue weighted by Gasteiger charge is 2.15. The van der Waals surface area contributed by atoms with Crippen molar-refractivity contribution in [3.05, 3.63) is 23.3 Å². The average Bonchev–Trinajstić information content (AvgIpc) is 2.82. The summed E-state index contributed by atoms with van der Waals surface area (Å²) in [5.74, 6) is 0.974. The third-order valence-electron chi connectivity index (χ3n) is 3.35. The molecule has 2 rings (SSSR count). The first-order chi connectivity index (χ1) is 8.22. The summed E-state index contributed by atoms with van der Waals surface area (Å²) in [5, 5.41) is 3.45. The molecule has 3 heteroatoms. The highest BCUT2D eigenvalue weighted by Crippen LogP contribution is 2.29. The van der Waals surface area contributed by atoms with Gasteiger partial charge in [-0.1, -0.05) is 6.07 Å². The molecule has 1 fully saturated rings. The second-order valence-electron chi connectivity index (χ2n) is 4.60. The topological polar surface area (TPSA) is 30.5 Å². The third-order valence-corrected chi connectivity index (χ3v) is 3.35. The van der Waals surface area contributed by atoms with Gasteiger partial charge in [0.15, 0.2) is 0 Å². The maximum Gasteiger partial charge on any atom is 0.126 e. The number of benzene rings is 1. The first-order valence-corrected chi connectivity index (χ1v) is 6.22. The van der Waals surface area contributed by atoms with Crippen molar-refractivity contribution in [1.82, 2.24) is 0 Å².